The number of aliphatic imine (C=N–C) groups is 1. The summed E-state index contributed by atoms with van der Waals surface area (Å²) in [6.45, 7) is 7.06. The monoisotopic (exact) mass is 480 g/mol. The fraction of sp³-hybridized carbons (Fsp3) is 0.550. The zero-order valence-corrected chi connectivity index (χ0v) is 18.7. The molecule has 3 heterocycles. The van der Waals surface area contributed by atoms with E-state index in [1.54, 1.807) is 0 Å². The highest BCUT2D eigenvalue weighted by Crippen LogP contribution is 2.47. The van der Waals surface area contributed by atoms with E-state index in [2.05, 4.69) is 37.4 Å². The second-order valence-corrected chi connectivity index (χ2v) is 7.79. The molecule has 0 bridgehead atoms. The number of nitrogens with one attached hydrogen (secondary N) is 1. The number of nitrogens with zero attached hydrogens (tertiary/aromatic N) is 5. The van der Waals surface area contributed by atoms with E-state index in [0.717, 1.165) is 48.4 Å². The third kappa shape index (κ3) is 4.12. The number of guanidine groups is 1. The Bertz CT molecular complexity index is 806. The maximum absolute atomic E-state index is 4.58. The van der Waals surface area contributed by atoms with Crippen LogP contribution in [0.15, 0.2) is 29.4 Å². The molecule has 4 rings (SSSR count). The lowest BCUT2D eigenvalue weighted by Gasteiger charge is -2.38. The van der Waals surface area contributed by atoms with Crippen molar-refractivity contribution < 1.29 is 0 Å². The van der Waals surface area contributed by atoms with Crippen molar-refractivity contribution in [1.29, 1.82) is 0 Å². The zero-order chi connectivity index (χ0) is 18.1. The molecule has 2 aromatic rings. The van der Waals surface area contributed by atoms with E-state index in [9.17, 15) is 0 Å². The summed E-state index contributed by atoms with van der Waals surface area (Å²) in [7, 11) is 1.87. The van der Waals surface area contributed by atoms with Gasteiger partial charge in [0.05, 0.1) is 5.69 Å². The average Bonchev–Trinajstić information content (AvgIpc) is 3.20. The molecule has 1 aliphatic heterocycles. The number of rotatable bonds is 3. The minimum Gasteiger partial charge on any atom is -0.352 e. The molecule has 146 valence electrons. The van der Waals surface area contributed by atoms with E-state index in [1.165, 1.54) is 25.7 Å². The maximum Gasteiger partial charge on any atom is 0.193 e. The summed E-state index contributed by atoms with van der Waals surface area (Å²) in [6.07, 6.45) is 7.40. The van der Waals surface area contributed by atoms with Crippen LogP contribution in [0.4, 0.5) is 0 Å². The minimum absolute atomic E-state index is 0. The van der Waals surface area contributed by atoms with Gasteiger partial charge in [0.2, 0.25) is 0 Å². The van der Waals surface area contributed by atoms with Crippen molar-refractivity contribution in [2.75, 3.05) is 20.1 Å². The third-order valence-corrected chi connectivity index (χ3v) is 5.85. The van der Waals surface area contributed by atoms with E-state index in [1.807, 2.05) is 37.8 Å². The molecule has 7 heteroatoms. The van der Waals surface area contributed by atoms with Gasteiger partial charge in [-0.15, -0.1) is 24.0 Å². The van der Waals surface area contributed by atoms with Crippen LogP contribution in [0.5, 0.6) is 0 Å². The largest absolute Gasteiger partial charge is 0.352 e. The highest BCUT2D eigenvalue weighted by Gasteiger charge is 2.43. The Morgan fingerprint density at radius 1 is 1.26 bits per heavy atom. The predicted molar refractivity (Wildman–Crippen MR) is 119 cm³/mol. The Morgan fingerprint density at radius 2 is 2.07 bits per heavy atom. The van der Waals surface area contributed by atoms with Crippen molar-refractivity contribution in [3.63, 3.8) is 0 Å². The second kappa shape index (κ2) is 8.16. The molecule has 0 radical (unpaired) electrons. The molecule has 2 aromatic heterocycles. The Balaban J connectivity index is 0.00000210. The topological polar surface area (TPSA) is 58.3 Å². The van der Waals surface area contributed by atoms with Gasteiger partial charge < -0.3 is 10.2 Å². The molecule has 1 saturated heterocycles. The Labute approximate surface area is 178 Å². The van der Waals surface area contributed by atoms with Gasteiger partial charge in [-0.1, -0.05) is 12.5 Å². The summed E-state index contributed by atoms with van der Waals surface area (Å²) < 4.78 is 1.88. The van der Waals surface area contributed by atoms with Crippen LogP contribution in [0.2, 0.25) is 0 Å². The quantitative estimate of drug-likeness (QED) is 0.416. The number of halogens is 1. The highest BCUT2D eigenvalue weighted by atomic mass is 127. The molecule has 0 unspecified atom stereocenters. The molecule has 6 nitrogen and oxygen atoms in total. The van der Waals surface area contributed by atoms with E-state index in [4.69, 9.17) is 0 Å². The average molecular weight is 480 g/mol. The van der Waals surface area contributed by atoms with Crippen molar-refractivity contribution in [1.82, 2.24) is 25.0 Å². The first kappa shape index (κ1) is 20.1. The van der Waals surface area contributed by atoms with E-state index < -0.39 is 0 Å². The van der Waals surface area contributed by atoms with Gasteiger partial charge in [0, 0.05) is 38.6 Å². The number of pyridine rings is 1. The van der Waals surface area contributed by atoms with Crippen molar-refractivity contribution in [2.24, 2.45) is 10.4 Å². The Kier molecular flexibility index (Phi) is 6.08. The lowest BCUT2D eigenvalue weighted by molar-refractivity contribution is 0.151. The van der Waals surface area contributed by atoms with Crippen LogP contribution in [0.25, 0.3) is 5.82 Å². The summed E-state index contributed by atoms with van der Waals surface area (Å²) in [6, 6.07) is 6.20. The molecule has 1 aliphatic carbocycles. The SMILES string of the molecule is CN=C(NCc1ccc(-n2nc(C)cc2C)nc1)N1CCC2(CCC2)C1.I. The van der Waals surface area contributed by atoms with Gasteiger partial charge in [-0.3, -0.25) is 4.99 Å². The summed E-state index contributed by atoms with van der Waals surface area (Å²) >= 11 is 0. The molecule has 2 aliphatic rings. The first-order chi connectivity index (χ1) is 12.6. The summed E-state index contributed by atoms with van der Waals surface area (Å²) in [5, 5.41) is 7.99. The van der Waals surface area contributed by atoms with Crippen molar-refractivity contribution in [3.05, 3.63) is 41.3 Å². The second-order valence-electron chi connectivity index (χ2n) is 7.79. The normalized spacial score (nSPS) is 18.3. The number of aryl methyl sites for hydroxylation is 2. The standard InChI is InChI=1S/C20H28N6.HI/c1-15-11-16(2)26(24-15)18-6-5-17(12-22-18)13-23-19(21-3)25-10-9-20(14-25)7-4-8-20;/h5-6,11-12H,4,7-10,13-14H2,1-3H3,(H,21,23);1H. The van der Waals surface area contributed by atoms with Gasteiger partial charge in [0.15, 0.2) is 11.8 Å². The maximum atomic E-state index is 4.58. The molecule has 0 aromatic carbocycles. The predicted octanol–water partition coefficient (Wildman–Crippen LogP) is 3.45. The van der Waals surface area contributed by atoms with Gasteiger partial charge in [0.25, 0.3) is 0 Å². The van der Waals surface area contributed by atoms with E-state index in [0.29, 0.717) is 5.41 Å². The van der Waals surface area contributed by atoms with E-state index in [-0.39, 0.29) is 24.0 Å². The molecule has 0 atom stereocenters. The van der Waals surface area contributed by atoms with Crippen LogP contribution in [-0.4, -0.2) is 45.8 Å². The zero-order valence-electron chi connectivity index (χ0n) is 16.4. The molecule has 0 amide bonds. The van der Waals surface area contributed by atoms with E-state index >= 15 is 0 Å². The summed E-state index contributed by atoms with van der Waals surface area (Å²) in [4.78, 5) is 11.5. The van der Waals surface area contributed by atoms with Gasteiger partial charge >= 0.3 is 0 Å². The molecular weight excluding hydrogens is 451 g/mol. The minimum atomic E-state index is 0. The lowest BCUT2D eigenvalue weighted by atomic mass is 9.68. The molecule has 1 N–H and O–H groups in total. The number of likely N-dealkylation sites (tertiary alicyclic amines) is 1. The van der Waals surface area contributed by atoms with Gasteiger partial charge in [-0.05, 0) is 56.2 Å². The highest BCUT2D eigenvalue weighted by molar-refractivity contribution is 14.0. The van der Waals surface area contributed by atoms with Crippen LogP contribution >= 0.6 is 24.0 Å². The Hall–Kier alpha value is -1.64. The molecule has 1 saturated carbocycles. The van der Waals surface area contributed by atoms with Crippen molar-refractivity contribution in [2.45, 2.75) is 46.1 Å². The molecule has 27 heavy (non-hydrogen) atoms. The van der Waals surface area contributed by atoms with Crippen LogP contribution in [0.1, 0.15) is 42.6 Å². The van der Waals surface area contributed by atoms with Gasteiger partial charge in [-0.2, -0.15) is 5.10 Å². The molecule has 2 fully saturated rings. The number of aromatic nitrogens is 3. The third-order valence-electron chi connectivity index (χ3n) is 5.85. The lowest BCUT2D eigenvalue weighted by Crippen LogP contribution is -2.42. The van der Waals surface area contributed by atoms with Crippen LogP contribution in [0.3, 0.4) is 0 Å². The van der Waals surface area contributed by atoms with Crippen LogP contribution < -0.4 is 5.32 Å². The summed E-state index contributed by atoms with van der Waals surface area (Å²) in [5.41, 5.74) is 3.84. The first-order valence-corrected chi connectivity index (χ1v) is 9.53. The van der Waals surface area contributed by atoms with Gasteiger partial charge in [-0.25, -0.2) is 9.67 Å². The van der Waals surface area contributed by atoms with Crippen LogP contribution in [0, 0.1) is 19.3 Å². The molecular formula is C20H29IN6. The smallest absolute Gasteiger partial charge is 0.193 e. The first-order valence-electron chi connectivity index (χ1n) is 9.53. The fourth-order valence-corrected chi connectivity index (χ4v) is 4.22. The van der Waals surface area contributed by atoms with Crippen molar-refractivity contribution in [3.8, 4) is 5.82 Å². The number of hydrogen-bond acceptors (Lipinski definition) is 3. The Morgan fingerprint density at radius 3 is 2.59 bits per heavy atom. The van der Waals surface area contributed by atoms with Crippen molar-refractivity contribution >= 4 is 29.9 Å². The molecule has 1 spiro atoms. The van der Waals surface area contributed by atoms with Crippen LogP contribution in [-0.2, 0) is 6.54 Å². The number of hydrogen-bond donors (Lipinski definition) is 1. The van der Waals surface area contributed by atoms with Gasteiger partial charge in [0.1, 0.15) is 0 Å². The summed E-state index contributed by atoms with van der Waals surface area (Å²) in [5.74, 6) is 1.87. The fourth-order valence-electron chi connectivity index (χ4n) is 4.22.